The number of aryl methyl sites for hydroxylation is 1. The normalized spacial score (nSPS) is 15.7. The van der Waals surface area contributed by atoms with Gasteiger partial charge in [0.25, 0.3) is 0 Å². The molecular weight excluding hydrogens is 418 g/mol. The number of nitrogens with zero attached hydrogens (tertiary/aromatic N) is 3. The van der Waals surface area contributed by atoms with E-state index in [4.69, 9.17) is 13.9 Å². The van der Waals surface area contributed by atoms with E-state index in [9.17, 15) is 8.42 Å². The molecule has 0 aliphatic carbocycles. The van der Waals surface area contributed by atoms with Crippen LogP contribution in [-0.2, 0) is 10.0 Å². The summed E-state index contributed by atoms with van der Waals surface area (Å²) in [4.78, 5) is 0.104. The van der Waals surface area contributed by atoms with Gasteiger partial charge in [-0.3, -0.25) is 0 Å². The summed E-state index contributed by atoms with van der Waals surface area (Å²) in [7, 11) is -0.772. The van der Waals surface area contributed by atoms with Crippen molar-refractivity contribution in [2.24, 2.45) is 0 Å². The number of sulfonamides is 1. The van der Waals surface area contributed by atoms with Gasteiger partial charge < -0.3 is 13.9 Å². The Morgan fingerprint density at radius 3 is 2.35 bits per heavy atom. The minimum Gasteiger partial charge on any atom is -0.497 e. The van der Waals surface area contributed by atoms with E-state index in [0.717, 1.165) is 11.1 Å². The molecule has 1 aromatic heterocycles. The molecule has 31 heavy (non-hydrogen) atoms. The Labute approximate surface area is 181 Å². The van der Waals surface area contributed by atoms with Gasteiger partial charge in [0.05, 0.1) is 14.2 Å². The fourth-order valence-corrected chi connectivity index (χ4v) is 5.32. The lowest BCUT2D eigenvalue weighted by atomic mass is 9.98. The molecule has 164 valence electrons. The largest absolute Gasteiger partial charge is 0.497 e. The van der Waals surface area contributed by atoms with E-state index in [1.165, 1.54) is 24.6 Å². The highest BCUT2D eigenvalue weighted by Gasteiger charge is 2.34. The van der Waals surface area contributed by atoms with E-state index in [-0.39, 0.29) is 10.8 Å². The summed E-state index contributed by atoms with van der Waals surface area (Å²) in [6.07, 6.45) is 1.20. The zero-order chi connectivity index (χ0) is 22.0. The molecule has 0 atom stereocenters. The second kappa shape index (κ2) is 8.68. The van der Waals surface area contributed by atoms with Crippen molar-refractivity contribution in [3.05, 3.63) is 53.9 Å². The summed E-state index contributed by atoms with van der Waals surface area (Å²) in [6, 6.07) is 12.7. The maximum absolute atomic E-state index is 13.2. The van der Waals surface area contributed by atoms with Crippen molar-refractivity contribution in [1.82, 2.24) is 14.5 Å². The lowest BCUT2D eigenvalue weighted by molar-refractivity contribution is 0.290. The van der Waals surface area contributed by atoms with Crippen LogP contribution in [0.3, 0.4) is 0 Å². The number of rotatable bonds is 6. The van der Waals surface area contributed by atoms with Crippen LogP contribution in [-0.4, -0.2) is 50.2 Å². The number of piperidine rings is 1. The SMILES string of the molecule is COc1ccc(OC)c(S(=O)(=O)N2CCC(c3nnc(-c4ccc(C)cc4)o3)CC2)c1. The van der Waals surface area contributed by atoms with Crippen molar-refractivity contribution in [2.75, 3.05) is 27.3 Å². The van der Waals surface area contributed by atoms with E-state index in [2.05, 4.69) is 10.2 Å². The van der Waals surface area contributed by atoms with Crippen molar-refractivity contribution in [3.63, 3.8) is 0 Å². The van der Waals surface area contributed by atoms with E-state index >= 15 is 0 Å². The number of hydrogen-bond acceptors (Lipinski definition) is 7. The van der Waals surface area contributed by atoms with Crippen LogP contribution in [0.25, 0.3) is 11.5 Å². The third kappa shape index (κ3) is 4.28. The number of ether oxygens (including phenoxy) is 2. The van der Waals surface area contributed by atoms with E-state index in [0.29, 0.717) is 49.2 Å². The molecule has 1 fully saturated rings. The van der Waals surface area contributed by atoms with Gasteiger partial charge in [-0.25, -0.2) is 8.42 Å². The standard InChI is InChI=1S/C22H25N3O5S/c1-15-4-6-16(7-5-15)21-23-24-22(30-21)17-10-12-25(13-11-17)31(26,27)20-14-18(28-2)8-9-19(20)29-3/h4-9,14,17H,10-13H2,1-3H3. The lowest BCUT2D eigenvalue weighted by Crippen LogP contribution is -2.38. The molecule has 0 spiro atoms. The molecule has 3 aromatic rings. The smallest absolute Gasteiger partial charge is 0.247 e. The van der Waals surface area contributed by atoms with Crippen LogP contribution >= 0.6 is 0 Å². The van der Waals surface area contributed by atoms with Crippen LogP contribution in [0.4, 0.5) is 0 Å². The van der Waals surface area contributed by atoms with Crippen molar-refractivity contribution < 1.29 is 22.3 Å². The predicted molar refractivity (Wildman–Crippen MR) is 115 cm³/mol. The molecule has 0 saturated carbocycles. The van der Waals surface area contributed by atoms with Crippen molar-refractivity contribution in [2.45, 2.75) is 30.6 Å². The molecule has 4 rings (SSSR count). The molecule has 1 saturated heterocycles. The molecule has 8 nitrogen and oxygen atoms in total. The van der Waals surface area contributed by atoms with Crippen molar-refractivity contribution >= 4 is 10.0 Å². The Morgan fingerprint density at radius 2 is 1.71 bits per heavy atom. The minimum atomic E-state index is -3.72. The molecule has 0 radical (unpaired) electrons. The van der Waals surface area contributed by atoms with Crippen LogP contribution in [0.2, 0.25) is 0 Å². The number of hydrogen-bond donors (Lipinski definition) is 0. The molecular formula is C22H25N3O5S. The maximum atomic E-state index is 13.2. The zero-order valence-corrected chi connectivity index (χ0v) is 18.6. The Balaban J connectivity index is 1.48. The third-order valence-electron chi connectivity index (χ3n) is 5.53. The quantitative estimate of drug-likeness (QED) is 0.574. The van der Waals surface area contributed by atoms with Gasteiger partial charge >= 0.3 is 0 Å². The van der Waals surface area contributed by atoms with Crippen LogP contribution in [0, 0.1) is 6.92 Å². The van der Waals surface area contributed by atoms with Gasteiger partial charge in [0.1, 0.15) is 16.4 Å². The topological polar surface area (TPSA) is 94.8 Å². The average Bonchev–Trinajstić information content (AvgIpc) is 3.29. The van der Waals surface area contributed by atoms with E-state index in [1.54, 1.807) is 12.1 Å². The van der Waals surface area contributed by atoms with Gasteiger partial charge in [-0.2, -0.15) is 4.31 Å². The Bertz CT molecular complexity index is 1150. The molecule has 9 heteroatoms. The van der Waals surface area contributed by atoms with Gasteiger partial charge in [-0.1, -0.05) is 17.7 Å². The summed E-state index contributed by atoms with van der Waals surface area (Å²) in [5.41, 5.74) is 2.03. The first-order valence-electron chi connectivity index (χ1n) is 10.0. The van der Waals surface area contributed by atoms with Gasteiger partial charge in [-0.05, 0) is 44.0 Å². The summed E-state index contributed by atoms with van der Waals surface area (Å²) in [5, 5.41) is 8.38. The van der Waals surface area contributed by atoms with E-state index < -0.39 is 10.0 Å². The Hall–Kier alpha value is -2.91. The molecule has 0 bridgehead atoms. The summed E-state index contributed by atoms with van der Waals surface area (Å²) in [5.74, 6) is 1.80. The monoisotopic (exact) mass is 443 g/mol. The Kier molecular flexibility index (Phi) is 5.97. The third-order valence-corrected chi connectivity index (χ3v) is 7.45. The van der Waals surface area contributed by atoms with E-state index in [1.807, 2.05) is 31.2 Å². The molecule has 0 amide bonds. The average molecular weight is 444 g/mol. The lowest BCUT2D eigenvalue weighted by Gasteiger charge is -2.30. The summed E-state index contributed by atoms with van der Waals surface area (Å²) in [6.45, 7) is 2.73. The minimum absolute atomic E-state index is 0.0188. The van der Waals surface area contributed by atoms with Crippen LogP contribution < -0.4 is 9.47 Å². The highest BCUT2D eigenvalue weighted by molar-refractivity contribution is 7.89. The second-order valence-electron chi connectivity index (χ2n) is 7.51. The second-order valence-corrected chi connectivity index (χ2v) is 9.41. The molecule has 1 aliphatic heterocycles. The molecule has 1 aliphatic rings. The van der Waals surface area contributed by atoms with Gasteiger partial charge in [0.2, 0.25) is 21.8 Å². The number of aromatic nitrogens is 2. The summed E-state index contributed by atoms with van der Waals surface area (Å²) < 4.78 is 44.3. The summed E-state index contributed by atoms with van der Waals surface area (Å²) >= 11 is 0. The van der Waals surface area contributed by atoms with Gasteiger partial charge in [-0.15, -0.1) is 10.2 Å². The highest BCUT2D eigenvalue weighted by Crippen LogP contribution is 2.35. The Morgan fingerprint density at radius 1 is 1.00 bits per heavy atom. The predicted octanol–water partition coefficient (Wildman–Crippen LogP) is 3.63. The number of benzene rings is 2. The molecule has 2 heterocycles. The van der Waals surface area contributed by atoms with Crippen LogP contribution in [0.15, 0.2) is 51.8 Å². The fourth-order valence-electron chi connectivity index (χ4n) is 3.68. The number of methoxy groups -OCH3 is 2. The molecule has 0 N–H and O–H groups in total. The van der Waals surface area contributed by atoms with Gasteiger partial charge in [0.15, 0.2) is 0 Å². The van der Waals surface area contributed by atoms with Crippen LogP contribution in [0.1, 0.15) is 30.2 Å². The maximum Gasteiger partial charge on any atom is 0.247 e. The molecule has 2 aromatic carbocycles. The first kappa shape index (κ1) is 21.3. The first-order valence-corrected chi connectivity index (χ1v) is 11.5. The molecule has 0 unspecified atom stereocenters. The van der Waals surface area contributed by atoms with Crippen LogP contribution in [0.5, 0.6) is 11.5 Å². The highest BCUT2D eigenvalue weighted by atomic mass is 32.2. The van der Waals surface area contributed by atoms with Gasteiger partial charge in [0, 0.05) is 30.6 Å². The van der Waals surface area contributed by atoms with Crippen molar-refractivity contribution in [3.8, 4) is 23.0 Å². The fraction of sp³-hybridized carbons (Fsp3) is 0.364. The van der Waals surface area contributed by atoms with Crippen molar-refractivity contribution in [1.29, 1.82) is 0 Å². The first-order chi connectivity index (χ1) is 14.9. The zero-order valence-electron chi connectivity index (χ0n) is 17.7.